The van der Waals surface area contributed by atoms with Gasteiger partial charge in [0.25, 0.3) is 5.91 Å². The third kappa shape index (κ3) is 2.98. The van der Waals surface area contributed by atoms with Gasteiger partial charge in [0.05, 0.1) is 16.8 Å². The van der Waals surface area contributed by atoms with Crippen LogP contribution in [0.15, 0.2) is 36.5 Å². The number of anilines is 1. The molecule has 25 heavy (non-hydrogen) atoms. The molecule has 0 radical (unpaired) electrons. The lowest BCUT2D eigenvalue weighted by atomic mass is 10.1. The van der Waals surface area contributed by atoms with Crippen LogP contribution in [-0.2, 0) is 0 Å². The standard InChI is InChI=1S/C17H10ClF3N2O2/c1-8(24)23-7-11(10-6-9(18)2-5-14(10)23)17(25)22-13-4-3-12(19)15(20)16(13)21/h2-7H,1H3,(H,22,25). The zero-order valence-electron chi connectivity index (χ0n) is 12.7. The first-order valence-corrected chi connectivity index (χ1v) is 7.43. The molecule has 0 bridgehead atoms. The van der Waals surface area contributed by atoms with Crippen molar-refractivity contribution in [2.75, 3.05) is 5.32 Å². The largest absolute Gasteiger partial charge is 0.319 e. The van der Waals surface area contributed by atoms with Gasteiger partial charge in [0, 0.05) is 23.5 Å². The van der Waals surface area contributed by atoms with Gasteiger partial charge in [-0.25, -0.2) is 13.2 Å². The maximum atomic E-state index is 13.7. The number of carbonyl (C=O) groups is 2. The highest BCUT2D eigenvalue weighted by Crippen LogP contribution is 2.27. The van der Waals surface area contributed by atoms with Crippen LogP contribution in [0, 0.1) is 17.5 Å². The summed E-state index contributed by atoms with van der Waals surface area (Å²) in [6.45, 7) is 1.31. The van der Waals surface area contributed by atoms with Crippen LogP contribution in [0.2, 0.25) is 5.02 Å². The Morgan fingerprint density at radius 1 is 1.08 bits per heavy atom. The van der Waals surface area contributed by atoms with Gasteiger partial charge in [-0.2, -0.15) is 0 Å². The summed E-state index contributed by atoms with van der Waals surface area (Å²) in [6, 6.07) is 6.20. The Labute approximate surface area is 144 Å². The minimum absolute atomic E-state index is 0.0387. The lowest BCUT2D eigenvalue weighted by molar-refractivity contribution is 0.0941. The summed E-state index contributed by atoms with van der Waals surface area (Å²) >= 11 is 5.93. The monoisotopic (exact) mass is 366 g/mol. The number of hydrogen-bond acceptors (Lipinski definition) is 2. The average molecular weight is 367 g/mol. The Morgan fingerprint density at radius 3 is 2.48 bits per heavy atom. The van der Waals surface area contributed by atoms with Gasteiger partial charge in [0.15, 0.2) is 17.5 Å². The van der Waals surface area contributed by atoms with Gasteiger partial charge < -0.3 is 5.32 Å². The number of amides is 1. The normalized spacial score (nSPS) is 10.9. The number of aromatic nitrogens is 1. The van der Waals surface area contributed by atoms with E-state index in [1.807, 2.05) is 0 Å². The molecule has 0 saturated heterocycles. The molecule has 1 amide bonds. The molecule has 8 heteroatoms. The molecule has 1 heterocycles. The number of hydrogen-bond donors (Lipinski definition) is 1. The second kappa shape index (κ2) is 6.25. The Morgan fingerprint density at radius 2 is 1.80 bits per heavy atom. The molecule has 0 aliphatic rings. The molecule has 4 nitrogen and oxygen atoms in total. The topological polar surface area (TPSA) is 51.1 Å². The lowest BCUT2D eigenvalue weighted by Crippen LogP contribution is -2.14. The van der Waals surface area contributed by atoms with Gasteiger partial charge in [-0.15, -0.1) is 0 Å². The van der Waals surface area contributed by atoms with Crippen LogP contribution in [0.5, 0.6) is 0 Å². The SMILES string of the molecule is CC(=O)n1cc(C(=O)Nc2ccc(F)c(F)c2F)c2cc(Cl)ccc21. The highest BCUT2D eigenvalue weighted by atomic mass is 35.5. The number of nitrogens with one attached hydrogen (secondary N) is 1. The number of rotatable bonds is 2. The molecule has 0 unspecified atom stereocenters. The van der Waals surface area contributed by atoms with Crippen molar-refractivity contribution in [3.05, 3.63) is 64.6 Å². The van der Waals surface area contributed by atoms with Crippen LogP contribution in [-0.4, -0.2) is 16.4 Å². The van der Waals surface area contributed by atoms with Crippen molar-refractivity contribution in [3.8, 4) is 0 Å². The van der Waals surface area contributed by atoms with Crippen LogP contribution < -0.4 is 5.32 Å². The number of nitrogens with zero attached hydrogens (tertiary/aromatic N) is 1. The average Bonchev–Trinajstić information content (AvgIpc) is 2.94. The second-order valence-electron chi connectivity index (χ2n) is 5.27. The van der Waals surface area contributed by atoms with Crippen molar-refractivity contribution >= 4 is 40.0 Å². The lowest BCUT2D eigenvalue weighted by Gasteiger charge is -2.06. The minimum Gasteiger partial charge on any atom is -0.319 e. The zero-order chi connectivity index (χ0) is 18.3. The first-order valence-electron chi connectivity index (χ1n) is 7.06. The van der Waals surface area contributed by atoms with Crippen molar-refractivity contribution in [1.82, 2.24) is 4.57 Å². The summed E-state index contributed by atoms with van der Waals surface area (Å²) < 4.78 is 41.3. The van der Waals surface area contributed by atoms with Crippen molar-refractivity contribution in [2.24, 2.45) is 0 Å². The van der Waals surface area contributed by atoms with E-state index in [1.54, 1.807) is 12.1 Å². The van der Waals surface area contributed by atoms with Gasteiger partial charge in [-0.1, -0.05) is 11.6 Å². The Bertz CT molecular complexity index is 1030. The van der Waals surface area contributed by atoms with Gasteiger partial charge in [0.2, 0.25) is 5.91 Å². The first-order chi connectivity index (χ1) is 11.8. The van der Waals surface area contributed by atoms with Gasteiger partial charge >= 0.3 is 0 Å². The maximum Gasteiger partial charge on any atom is 0.257 e. The van der Waals surface area contributed by atoms with E-state index >= 15 is 0 Å². The van der Waals surface area contributed by atoms with Crippen LogP contribution in [0.25, 0.3) is 10.9 Å². The van der Waals surface area contributed by atoms with E-state index < -0.39 is 29.0 Å². The highest BCUT2D eigenvalue weighted by molar-refractivity contribution is 6.31. The fourth-order valence-electron chi connectivity index (χ4n) is 2.46. The van der Waals surface area contributed by atoms with E-state index in [9.17, 15) is 22.8 Å². The summed E-state index contributed by atoms with van der Waals surface area (Å²) in [4.78, 5) is 24.2. The summed E-state index contributed by atoms with van der Waals surface area (Å²) in [7, 11) is 0. The van der Waals surface area contributed by atoms with Gasteiger partial charge in [0.1, 0.15) is 0 Å². The summed E-state index contributed by atoms with van der Waals surface area (Å²) in [5.74, 6) is -5.70. The number of halogens is 4. The van der Waals surface area contributed by atoms with Crippen molar-refractivity contribution in [2.45, 2.75) is 6.92 Å². The molecule has 0 aliphatic heterocycles. The van der Waals surface area contributed by atoms with Crippen LogP contribution in [0.3, 0.4) is 0 Å². The number of benzene rings is 2. The Hall–Kier alpha value is -2.80. The molecule has 128 valence electrons. The van der Waals surface area contributed by atoms with Gasteiger partial charge in [-0.05, 0) is 30.3 Å². The van der Waals surface area contributed by atoms with Gasteiger partial charge in [-0.3, -0.25) is 14.2 Å². The molecule has 0 aliphatic carbocycles. The minimum atomic E-state index is -1.69. The molecule has 3 aromatic rings. The molecule has 0 atom stereocenters. The van der Waals surface area contributed by atoms with Crippen LogP contribution in [0.1, 0.15) is 22.1 Å². The molecule has 0 saturated carbocycles. The zero-order valence-corrected chi connectivity index (χ0v) is 13.5. The van der Waals surface area contributed by atoms with Crippen LogP contribution >= 0.6 is 11.6 Å². The van der Waals surface area contributed by atoms with Crippen molar-refractivity contribution in [3.63, 3.8) is 0 Å². The van der Waals surface area contributed by atoms with E-state index in [1.165, 1.54) is 23.8 Å². The highest BCUT2D eigenvalue weighted by Gasteiger charge is 2.20. The molecule has 1 N–H and O–H groups in total. The Kier molecular flexibility index (Phi) is 4.26. The van der Waals surface area contributed by atoms with E-state index in [2.05, 4.69) is 5.32 Å². The third-order valence-electron chi connectivity index (χ3n) is 3.63. The molecular formula is C17H10ClF3N2O2. The molecule has 0 spiro atoms. The molecule has 1 aromatic heterocycles. The van der Waals surface area contributed by atoms with E-state index in [4.69, 9.17) is 11.6 Å². The summed E-state index contributed by atoms with van der Waals surface area (Å²) in [5.41, 5.74) is -0.0423. The number of fused-ring (bicyclic) bond motifs is 1. The van der Waals surface area contributed by atoms with Crippen molar-refractivity contribution < 1.29 is 22.8 Å². The van der Waals surface area contributed by atoms with E-state index in [0.29, 0.717) is 22.0 Å². The molecule has 0 fully saturated rings. The van der Waals surface area contributed by atoms with E-state index in [0.717, 1.165) is 6.07 Å². The predicted octanol–water partition coefficient (Wildman–Crippen LogP) is 4.62. The summed E-state index contributed by atoms with van der Waals surface area (Å²) in [6.07, 6.45) is 1.27. The summed E-state index contributed by atoms with van der Waals surface area (Å²) in [5, 5.41) is 2.87. The van der Waals surface area contributed by atoms with Crippen molar-refractivity contribution in [1.29, 1.82) is 0 Å². The van der Waals surface area contributed by atoms with Crippen LogP contribution in [0.4, 0.5) is 18.9 Å². The smallest absolute Gasteiger partial charge is 0.257 e. The molecule has 3 rings (SSSR count). The molecule has 2 aromatic carbocycles. The predicted molar refractivity (Wildman–Crippen MR) is 87.5 cm³/mol. The van der Waals surface area contributed by atoms with E-state index in [-0.39, 0.29) is 11.5 Å². The first kappa shape index (κ1) is 17.0. The Balaban J connectivity index is 2.07. The number of carbonyl (C=O) groups excluding carboxylic acids is 2. The fraction of sp³-hybridized carbons (Fsp3) is 0.0588. The second-order valence-corrected chi connectivity index (χ2v) is 5.71. The third-order valence-corrected chi connectivity index (χ3v) is 3.87. The maximum absolute atomic E-state index is 13.7. The fourth-order valence-corrected chi connectivity index (χ4v) is 2.63. The quantitative estimate of drug-likeness (QED) is 0.672. The molecular weight excluding hydrogens is 357 g/mol.